The van der Waals surface area contributed by atoms with Gasteiger partial charge in [-0.2, -0.15) is 5.10 Å². The summed E-state index contributed by atoms with van der Waals surface area (Å²) in [4.78, 5) is 4.45. The molecule has 2 fully saturated rings. The summed E-state index contributed by atoms with van der Waals surface area (Å²) in [7, 11) is 0. The maximum Gasteiger partial charge on any atom is 0.168 e. The van der Waals surface area contributed by atoms with Crippen molar-refractivity contribution in [3.05, 3.63) is 46.8 Å². The van der Waals surface area contributed by atoms with Gasteiger partial charge >= 0.3 is 0 Å². The van der Waals surface area contributed by atoms with Gasteiger partial charge < -0.3 is 9.47 Å². The van der Waals surface area contributed by atoms with Crippen molar-refractivity contribution >= 4 is 26.8 Å². The largest absolute Gasteiger partial charge is 0.453 e. The number of pyridine rings is 1. The molecule has 1 saturated carbocycles. The van der Waals surface area contributed by atoms with Gasteiger partial charge in [-0.1, -0.05) is 15.9 Å². The number of fused-ring (bicyclic) bond motifs is 1. The lowest BCUT2D eigenvalue weighted by Crippen LogP contribution is -2.15. The SMILES string of the molecule is Brc1ccc2c(Oc3cn(C4CC4)nc3C3CCOCC3)ccnc2c1. The third kappa shape index (κ3) is 3.12. The molecule has 2 aliphatic rings. The van der Waals surface area contributed by atoms with Crippen molar-refractivity contribution in [3.63, 3.8) is 0 Å². The molecule has 5 rings (SSSR count). The van der Waals surface area contributed by atoms with E-state index < -0.39 is 0 Å². The van der Waals surface area contributed by atoms with Crippen molar-refractivity contribution < 1.29 is 9.47 Å². The van der Waals surface area contributed by atoms with Gasteiger partial charge in [-0.25, -0.2) is 0 Å². The van der Waals surface area contributed by atoms with Gasteiger partial charge in [-0.15, -0.1) is 0 Å². The maximum atomic E-state index is 6.40. The van der Waals surface area contributed by atoms with Crippen LogP contribution in [0.3, 0.4) is 0 Å². The highest BCUT2D eigenvalue weighted by molar-refractivity contribution is 9.10. The Bertz CT molecular complexity index is 945. The second-order valence-electron chi connectivity index (χ2n) is 7.05. The first-order chi connectivity index (χ1) is 12.8. The van der Waals surface area contributed by atoms with Gasteiger partial charge in [0.15, 0.2) is 5.75 Å². The third-order valence-electron chi connectivity index (χ3n) is 5.14. The number of hydrogen-bond donors (Lipinski definition) is 0. The Morgan fingerprint density at radius 1 is 1.08 bits per heavy atom. The second kappa shape index (κ2) is 6.67. The molecule has 0 spiro atoms. The quantitative estimate of drug-likeness (QED) is 0.588. The monoisotopic (exact) mass is 413 g/mol. The van der Waals surface area contributed by atoms with Gasteiger partial charge in [-0.05, 0) is 49.9 Å². The zero-order chi connectivity index (χ0) is 17.5. The first-order valence-corrected chi connectivity index (χ1v) is 9.96. The third-order valence-corrected chi connectivity index (χ3v) is 5.63. The standard InChI is InChI=1S/C20H20BrN3O2/c21-14-1-4-16-17(11-14)22-8-5-18(16)26-19-12-24(15-2-3-15)23-20(19)13-6-9-25-10-7-13/h1,4-5,8,11-13,15H,2-3,6-7,9-10H2. The molecule has 3 heterocycles. The van der Waals surface area contributed by atoms with E-state index in [0.29, 0.717) is 12.0 Å². The minimum atomic E-state index is 0.404. The molecule has 0 bridgehead atoms. The summed E-state index contributed by atoms with van der Waals surface area (Å²) < 4.78 is 15.0. The van der Waals surface area contributed by atoms with Crippen LogP contribution in [0.2, 0.25) is 0 Å². The molecule has 0 radical (unpaired) electrons. The lowest BCUT2D eigenvalue weighted by Gasteiger charge is -2.21. The predicted molar refractivity (Wildman–Crippen MR) is 103 cm³/mol. The van der Waals surface area contributed by atoms with Gasteiger partial charge in [0.2, 0.25) is 0 Å². The molecule has 0 N–H and O–H groups in total. The molecule has 2 aromatic heterocycles. The number of hydrogen-bond acceptors (Lipinski definition) is 4. The van der Waals surface area contributed by atoms with Crippen LogP contribution in [0.25, 0.3) is 10.9 Å². The molecular formula is C20H20BrN3O2. The summed E-state index contributed by atoms with van der Waals surface area (Å²) in [5.41, 5.74) is 1.99. The van der Waals surface area contributed by atoms with E-state index in [1.165, 1.54) is 12.8 Å². The molecule has 1 saturated heterocycles. The van der Waals surface area contributed by atoms with E-state index in [2.05, 4.69) is 31.8 Å². The molecule has 0 atom stereocenters. The average Bonchev–Trinajstić information content (AvgIpc) is 3.43. The summed E-state index contributed by atoms with van der Waals surface area (Å²) in [5, 5.41) is 5.91. The van der Waals surface area contributed by atoms with Crippen LogP contribution in [-0.4, -0.2) is 28.0 Å². The van der Waals surface area contributed by atoms with E-state index in [0.717, 1.165) is 58.6 Å². The van der Waals surface area contributed by atoms with Crippen LogP contribution >= 0.6 is 15.9 Å². The summed E-state index contributed by atoms with van der Waals surface area (Å²) in [6.07, 6.45) is 8.29. The number of benzene rings is 1. The summed E-state index contributed by atoms with van der Waals surface area (Å²) in [5.74, 6) is 2.10. The predicted octanol–water partition coefficient (Wildman–Crippen LogP) is 5.22. The lowest BCUT2D eigenvalue weighted by atomic mass is 9.96. The molecular weight excluding hydrogens is 394 g/mol. The molecule has 26 heavy (non-hydrogen) atoms. The zero-order valence-electron chi connectivity index (χ0n) is 14.4. The van der Waals surface area contributed by atoms with Gasteiger partial charge in [0.1, 0.15) is 11.4 Å². The number of rotatable bonds is 4. The van der Waals surface area contributed by atoms with E-state index in [9.17, 15) is 0 Å². The molecule has 3 aromatic rings. The highest BCUT2D eigenvalue weighted by Crippen LogP contribution is 2.41. The van der Waals surface area contributed by atoms with Crippen molar-refractivity contribution in [3.8, 4) is 11.5 Å². The Kier molecular flexibility index (Phi) is 4.17. The molecule has 6 heteroatoms. The Morgan fingerprint density at radius 2 is 1.92 bits per heavy atom. The molecule has 1 aliphatic heterocycles. The van der Waals surface area contributed by atoms with Crippen LogP contribution < -0.4 is 4.74 Å². The number of nitrogens with zero attached hydrogens (tertiary/aromatic N) is 3. The Hall–Kier alpha value is -1.92. The van der Waals surface area contributed by atoms with Crippen LogP contribution in [0, 0.1) is 0 Å². The maximum absolute atomic E-state index is 6.40. The Balaban J connectivity index is 1.53. The normalized spacial score (nSPS) is 18.3. The van der Waals surface area contributed by atoms with Crippen molar-refractivity contribution in [1.82, 2.24) is 14.8 Å². The first kappa shape index (κ1) is 16.3. The number of aromatic nitrogens is 3. The number of ether oxygens (including phenoxy) is 2. The summed E-state index contributed by atoms with van der Waals surface area (Å²) in [6.45, 7) is 1.60. The van der Waals surface area contributed by atoms with Crippen LogP contribution in [0.15, 0.2) is 41.1 Å². The van der Waals surface area contributed by atoms with Gasteiger partial charge in [0.05, 0.1) is 17.8 Å². The molecule has 5 nitrogen and oxygen atoms in total. The molecule has 0 unspecified atom stereocenters. The topological polar surface area (TPSA) is 49.2 Å². The highest BCUT2D eigenvalue weighted by Gasteiger charge is 2.29. The van der Waals surface area contributed by atoms with Crippen LogP contribution in [0.5, 0.6) is 11.5 Å². The van der Waals surface area contributed by atoms with Gasteiger partial charge in [0.25, 0.3) is 0 Å². The Labute approximate surface area is 160 Å². The van der Waals surface area contributed by atoms with Crippen molar-refractivity contribution in [1.29, 1.82) is 0 Å². The van der Waals surface area contributed by atoms with Crippen molar-refractivity contribution in [2.75, 3.05) is 13.2 Å². The van der Waals surface area contributed by atoms with E-state index >= 15 is 0 Å². The molecule has 1 aliphatic carbocycles. The van der Waals surface area contributed by atoms with Crippen LogP contribution in [0.4, 0.5) is 0 Å². The summed E-state index contributed by atoms with van der Waals surface area (Å²) in [6, 6.07) is 8.54. The fourth-order valence-electron chi connectivity index (χ4n) is 3.55. The smallest absolute Gasteiger partial charge is 0.168 e. The minimum Gasteiger partial charge on any atom is -0.453 e. The minimum absolute atomic E-state index is 0.404. The zero-order valence-corrected chi connectivity index (χ0v) is 16.0. The average molecular weight is 414 g/mol. The Morgan fingerprint density at radius 3 is 2.73 bits per heavy atom. The molecule has 1 aromatic carbocycles. The highest BCUT2D eigenvalue weighted by atomic mass is 79.9. The van der Waals surface area contributed by atoms with Crippen LogP contribution in [-0.2, 0) is 4.74 Å². The van der Waals surface area contributed by atoms with Gasteiger partial charge in [-0.3, -0.25) is 9.67 Å². The van der Waals surface area contributed by atoms with E-state index in [1.807, 2.05) is 24.3 Å². The molecule has 0 amide bonds. The lowest BCUT2D eigenvalue weighted by molar-refractivity contribution is 0.0839. The van der Waals surface area contributed by atoms with Crippen LogP contribution in [0.1, 0.15) is 43.3 Å². The van der Waals surface area contributed by atoms with Crippen molar-refractivity contribution in [2.24, 2.45) is 0 Å². The van der Waals surface area contributed by atoms with E-state index in [4.69, 9.17) is 14.6 Å². The fourth-order valence-corrected chi connectivity index (χ4v) is 3.90. The van der Waals surface area contributed by atoms with E-state index in [-0.39, 0.29) is 0 Å². The van der Waals surface area contributed by atoms with Crippen molar-refractivity contribution in [2.45, 2.75) is 37.6 Å². The second-order valence-corrected chi connectivity index (χ2v) is 7.96. The van der Waals surface area contributed by atoms with Gasteiger partial charge in [0, 0.05) is 35.2 Å². The first-order valence-electron chi connectivity index (χ1n) is 9.17. The summed E-state index contributed by atoms with van der Waals surface area (Å²) >= 11 is 3.51. The molecule has 134 valence electrons. The number of halogens is 1. The fraction of sp³-hybridized carbons (Fsp3) is 0.400. The van der Waals surface area contributed by atoms with E-state index in [1.54, 1.807) is 6.20 Å².